The molecule has 0 amide bonds. The second-order valence-corrected chi connectivity index (χ2v) is 12.5. The van der Waals surface area contributed by atoms with Crippen molar-refractivity contribution >= 4 is 65.0 Å². The minimum Gasteiger partial charge on any atom is -0.456 e. The smallest absolute Gasteiger partial charge is 0.136 e. The lowest BCUT2D eigenvalue weighted by atomic mass is 9.84. The van der Waals surface area contributed by atoms with Gasteiger partial charge in [0.25, 0.3) is 0 Å². The van der Waals surface area contributed by atoms with E-state index in [4.69, 9.17) is 4.42 Å². The topological polar surface area (TPSA) is 13.1 Å². The van der Waals surface area contributed by atoms with Gasteiger partial charge in [-0.3, -0.25) is 0 Å². The highest BCUT2D eigenvalue weighted by Gasteiger charge is 2.19. The van der Waals surface area contributed by atoms with Crippen LogP contribution in [0.3, 0.4) is 0 Å². The fourth-order valence-electron chi connectivity index (χ4n) is 7.66. The van der Waals surface area contributed by atoms with Crippen molar-refractivity contribution in [2.24, 2.45) is 0 Å². The van der Waals surface area contributed by atoms with Crippen LogP contribution in [0, 0.1) is 0 Å². The van der Waals surface area contributed by atoms with Gasteiger partial charge in [-0.2, -0.15) is 0 Å². The fraction of sp³-hybridized carbons (Fsp3) is 0. The van der Waals surface area contributed by atoms with E-state index in [1.165, 1.54) is 76.5 Å². The van der Waals surface area contributed by atoms with Crippen LogP contribution in [0.15, 0.2) is 174 Å². The van der Waals surface area contributed by atoms with Gasteiger partial charge in [0.15, 0.2) is 0 Å². The zero-order valence-electron chi connectivity index (χ0n) is 25.6. The summed E-state index contributed by atoms with van der Waals surface area (Å²) in [5.74, 6) is 0. The third kappa shape index (κ3) is 4.03. The van der Waals surface area contributed by atoms with E-state index in [0.717, 1.165) is 21.9 Å². The number of rotatable bonds is 3. The van der Waals surface area contributed by atoms with Gasteiger partial charge in [0.2, 0.25) is 0 Å². The SMILES string of the molecule is c1ccc(-c2c3ccccc3c(-c3cc(-c4ccc5oc6cc7ccccc7cc6c5c4)cc4ccccc34)c3ccccc23)cc1. The van der Waals surface area contributed by atoms with Crippen molar-refractivity contribution in [3.05, 3.63) is 170 Å². The molecule has 0 saturated heterocycles. The number of hydrogen-bond acceptors (Lipinski definition) is 1. The predicted molar refractivity (Wildman–Crippen MR) is 200 cm³/mol. The van der Waals surface area contributed by atoms with Crippen LogP contribution >= 0.6 is 0 Å². The van der Waals surface area contributed by atoms with E-state index in [-0.39, 0.29) is 0 Å². The Labute approximate surface area is 271 Å². The van der Waals surface area contributed by atoms with Crippen LogP contribution < -0.4 is 0 Å². The molecule has 1 heterocycles. The van der Waals surface area contributed by atoms with Gasteiger partial charge in [-0.25, -0.2) is 0 Å². The van der Waals surface area contributed by atoms with E-state index in [9.17, 15) is 0 Å². The molecule has 0 aliphatic carbocycles. The Balaban J connectivity index is 1.27. The molecular formula is C46H28O. The Kier molecular flexibility index (Phi) is 5.64. The molecule has 0 N–H and O–H groups in total. The summed E-state index contributed by atoms with van der Waals surface area (Å²) in [6, 6.07) is 61.7. The van der Waals surface area contributed by atoms with Crippen LogP contribution in [-0.4, -0.2) is 0 Å². The highest BCUT2D eigenvalue weighted by Crippen LogP contribution is 2.46. The van der Waals surface area contributed by atoms with E-state index in [2.05, 4.69) is 170 Å². The Bertz CT molecular complexity index is 2780. The zero-order valence-corrected chi connectivity index (χ0v) is 25.6. The Morgan fingerprint density at radius 2 is 0.830 bits per heavy atom. The molecule has 0 bridgehead atoms. The lowest BCUT2D eigenvalue weighted by Crippen LogP contribution is -1.92. The molecule has 1 aromatic heterocycles. The summed E-state index contributed by atoms with van der Waals surface area (Å²) in [6.07, 6.45) is 0. The summed E-state index contributed by atoms with van der Waals surface area (Å²) in [6.45, 7) is 0. The highest BCUT2D eigenvalue weighted by molar-refractivity contribution is 6.24. The van der Waals surface area contributed by atoms with E-state index in [0.29, 0.717) is 0 Å². The van der Waals surface area contributed by atoms with Gasteiger partial charge in [0, 0.05) is 10.8 Å². The monoisotopic (exact) mass is 596 g/mol. The molecule has 218 valence electrons. The number of hydrogen-bond donors (Lipinski definition) is 0. The fourth-order valence-corrected chi connectivity index (χ4v) is 7.66. The van der Waals surface area contributed by atoms with Crippen molar-refractivity contribution in [1.82, 2.24) is 0 Å². The summed E-state index contributed by atoms with van der Waals surface area (Å²) in [5, 5.41) is 12.2. The van der Waals surface area contributed by atoms with Crippen molar-refractivity contribution in [2.75, 3.05) is 0 Å². The maximum Gasteiger partial charge on any atom is 0.136 e. The largest absolute Gasteiger partial charge is 0.456 e. The van der Waals surface area contributed by atoms with Crippen LogP contribution in [0.1, 0.15) is 0 Å². The molecule has 0 radical (unpaired) electrons. The quantitative estimate of drug-likeness (QED) is 0.185. The Morgan fingerprint density at radius 3 is 1.53 bits per heavy atom. The third-order valence-corrected chi connectivity index (χ3v) is 9.80. The summed E-state index contributed by atoms with van der Waals surface area (Å²) in [4.78, 5) is 0. The first-order chi connectivity index (χ1) is 23.3. The maximum atomic E-state index is 6.36. The molecule has 1 heteroatoms. The average molecular weight is 597 g/mol. The number of furan rings is 1. The molecule has 10 rings (SSSR count). The standard InChI is InChI=1S/C46H28O/c1-2-12-29(13-3-1)45-36-18-8-10-20-38(36)46(39-21-11-9-19-37(39)45)42-27-34(24-33-16-6-7-17-35(33)42)32-22-23-43-40(26-32)41-25-30-14-4-5-15-31(30)28-44(41)47-43/h1-28H. The van der Waals surface area contributed by atoms with Gasteiger partial charge in [-0.1, -0.05) is 133 Å². The van der Waals surface area contributed by atoms with E-state index in [1.807, 2.05) is 0 Å². The first-order valence-corrected chi connectivity index (χ1v) is 16.2. The molecule has 0 saturated carbocycles. The first kappa shape index (κ1) is 26.1. The lowest BCUT2D eigenvalue weighted by molar-refractivity contribution is 0.669. The van der Waals surface area contributed by atoms with Crippen LogP contribution in [0.4, 0.5) is 0 Å². The molecule has 0 atom stereocenters. The Morgan fingerprint density at radius 1 is 0.277 bits per heavy atom. The molecule has 1 nitrogen and oxygen atoms in total. The van der Waals surface area contributed by atoms with Crippen molar-refractivity contribution in [1.29, 1.82) is 0 Å². The van der Waals surface area contributed by atoms with Gasteiger partial charge < -0.3 is 4.42 Å². The summed E-state index contributed by atoms with van der Waals surface area (Å²) < 4.78 is 6.36. The lowest BCUT2D eigenvalue weighted by Gasteiger charge is -2.19. The minimum absolute atomic E-state index is 0.911. The van der Waals surface area contributed by atoms with E-state index in [1.54, 1.807) is 0 Å². The van der Waals surface area contributed by atoms with Gasteiger partial charge in [-0.15, -0.1) is 0 Å². The van der Waals surface area contributed by atoms with Crippen LogP contribution in [-0.2, 0) is 0 Å². The minimum atomic E-state index is 0.911. The van der Waals surface area contributed by atoms with E-state index >= 15 is 0 Å². The Hall–Kier alpha value is -6.18. The molecule has 47 heavy (non-hydrogen) atoms. The first-order valence-electron chi connectivity index (χ1n) is 16.2. The maximum absolute atomic E-state index is 6.36. The summed E-state index contributed by atoms with van der Waals surface area (Å²) in [5.41, 5.74) is 9.23. The second-order valence-electron chi connectivity index (χ2n) is 12.5. The van der Waals surface area contributed by atoms with Crippen molar-refractivity contribution in [3.8, 4) is 33.4 Å². The second kappa shape index (κ2) is 10.2. The highest BCUT2D eigenvalue weighted by atomic mass is 16.3. The summed E-state index contributed by atoms with van der Waals surface area (Å²) >= 11 is 0. The average Bonchev–Trinajstić information content (AvgIpc) is 3.49. The third-order valence-electron chi connectivity index (χ3n) is 9.80. The molecular weight excluding hydrogens is 569 g/mol. The molecule has 0 spiro atoms. The van der Waals surface area contributed by atoms with Crippen molar-refractivity contribution in [2.45, 2.75) is 0 Å². The van der Waals surface area contributed by atoms with Crippen molar-refractivity contribution in [3.63, 3.8) is 0 Å². The normalized spacial score (nSPS) is 11.8. The molecule has 10 aromatic rings. The zero-order chi connectivity index (χ0) is 30.9. The van der Waals surface area contributed by atoms with Gasteiger partial charge in [0.1, 0.15) is 11.2 Å². The summed E-state index contributed by atoms with van der Waals surface area (Å²) in [7, 11) is 0. The van der Waals surface area contributed by atoms with E-state index < -0.39 is 0 Å². The molecule has 9 aromatic carbocycles. The van der Waals surface area contributed by atoms with Crippen LogP contribution in [0.5, 0.6) is 0 Å². The van der Waals surface area contributed by atoms with Gasteiger partial charge in [-0.05, 0) is 113 Å². The molecule has 0 aliphatic heterocycles. The predicted octanol–water partition coefficient (Wildman–Crippen LogP) is 13.2. The molecule has 0 unspecified atom stereocenters. The molecule has 0 fully saturated rings. The van der Waals surface area contributed by atoms with Crippen molar-refractivity contribution < 1.29 is 4.42 Å². The van der Waals surface area contributed by atoms with Crippen LogP contribution in [0.2, 0.25) is 0 Å². The number of fused-ring (bicyclic) bond motifs is 7. The van der Waals surface area contributed by atoms with Gasteiger partial charge in [0.05, 0.1) is 0 Å². The van der Waals surface area contributed by atoms with Gasteiger partial charge >= 0.3 is 0 Å². The number of benzene rings is 9. The van der Waals surface area contributed by atoms with Crippen LogP contribution in [0.25, 0.3) is 98.4 Å². The molecule has 0 aliphatic rings.